The Morgan fingerprint density at radius 3 is 2.00 bits per heavy atom. The number of aromatic nitrogens is 2. The number of piperidine rings is 1. The molecule has 0 aliphatic carbocycles. The average Bonchev–Trinajstić information content (AvgIpc) is 4.37. The number of benzene rings is 4. The molecule has 21 heteroatoms. The van der Waals surface area contributed by atoms with Crippen LogP contribution in [0.5, 0.6) is 11.5 Å². The van der Waals surface area contributed by atoms with Gasteiger partial charge in [0, 0.05) is 68.3 Å². The van der Waals surface area contributed by atoms with Crippen molar-refractivity contribution in [3.63, 3.8) is 0 Å². The van der Waals surface area contributed by atoms with Gasteiger partial charge in [-0.25, -0.2) is 4.79 Å². The highest BCUT2D eigenvalue weighted by molar-refractivity contribution is 5.99. The lowest BCUT2D eigenvalue weighted by atomic mass is 9.90. The fourth-order valence-corrected chi connectivity index (χ4v) is 11.0. The molecule has 0 spiro atoms. The number of nitrogens with zero attached hydrogens (tertiary/aromatic N) is 2. The Hall–Kier alpha value is -8.82. The molecule has 0 radical (unpaired) electrons. The lowest BCUT2D eigenvalue weighted by Gasteiger charge is -2.32. The number of hydrogen-bond donors (Lipinski definition) is 9. The molecule has 3 aliphatic heterocycles. The van der Waals surface area contributed by atoms with Crippen LogP contribution in [0.3, 0.4) is 0 Å². The molecule has 3 aliphatic rings. The molecule has 436 valence electrons. The summed E-state index contributed by atoms with van der Waals surface area (Å²) in [5.74, 6) is -3.06. The summed E-state index contributed by atoms with van der Waals surface area (Å²) in [5, 5.41) is 21.5. The number of methoxy groups -OCH3 is 1. The third-order valence-corrected chi connectivity index (χ3v) is 15.4. The van der Waals surface area contributed by atoms with Crippen LogP contribution in [-0.4, -0.2) is 139 Å². The Balaban J connectivity index is 1.11. The lowest BCUT2D eigenvalue weighted by molar-refractivity contribution is -0.143. The van der Waals surface area contributed by atoms with Gasteiger partial charge in [0.25, 0.3) is 0 Å². The van der Waals surface area contributed by atoms with Crippen LogP contribution in [0.2, 0.25) is 0 Å². The number of rotatable bonds is 18. The van der Waals surface area contributed by atoms with E-state index in [1.807, 2.05) is 72.8 Å². The fraction of sp³-hybridized carbons (Fsp3) is 0.387. The summed E-state index contributed by atoms with van der Waals surface area (Å²) >= 11 is 0. The third kappa shape index (κ3) is 16.2. The Morgan fingerprint density at radius 2 is 1.30 bits per heavy atom. The summed E-state index contributed by atoms with van der Waals surface area (Å²) in [7, 11) is 1.55. The summed E-state index contributed by atoms with van der Waals surface area (Å²) < 4.78 is 17.4. The van der Waals surface area contributed by atoms with Gasteiger partial charge in [-0.05, 0) is 115 Å². The highest BCUT2D eigenvalue weighted by Gasteiger charge is 2.45. The zero-order valence-corrected chi connectivity index (χ0v) is 46.5. The number of carbonyl (C=O) groups is 7. The summed E-state index contributed by atoms with van der Waals surface area (Å²) in [5.41, 5.74) is 10.1. The molecule has 7 atom stereocenters. The highest BCUT2D eigenvalue weighted by Crippen LogP contribution is 2.27. The van der Waals surface area contributed by atoms with E-state index < -0.39 is 83.9 Å². The number of aromatic amines is 1. The number of nitrogens with two attached hydrogens (primary N) is 1. The number of pyridine rings is 1. The van der Waals surface area contributed by atoms with Gasteiger partial charge in [0.05, 0.1) is 13.7 Å². The molecule has 0 bridgehead atoms. The summed E-state index contributed by atoms with van der Waals surface area (Å²) in [4.78, 5) is 113. The number of amides is 7. The van der Waals surface area contributed by atoms with E-state index in [1.54, 1.807) is 68.2 Å². The Morgan fingerprint density at radius 1 is 0.675 bits per heavy atom. The molecule has 0 saturated carbocycles. The largest absolute Gasteiger partial charge is 0.497 e. The van der Waals surface area contributed by atoms with E-state index in [0.29, 0.717) is 67.1 Å². The standard InChI is InChI=1S/C62H73N11O10/c1-81-46-19-21-49-48(33-46)44(36-67-49)32-53-59(77)70-52(30-41-22-26-64-27-23-41)57(75)69-51(29-40-14-17-45(18-15-40)82-38-42-11-6-3-7-12-42)58(76)72-54(31-43-13-8-25-65-35-43)61(79)73-37-47(83-62(80)66-28-24-63)34-55(73)60(78)68-50(56(74)71-53)20-16-39-9-4-2-5-10-39/h2-15,17-19,21,25,33,35-36,41,47,50-55,64,67H,16,20,22-24,26-32,34,37-38,63H2,1H3,(H,66,80)(H,68,78)(H,69,75)(H,70,77)(H,71,74)(H,72,76)/t47-,50+,51+,52+,53-,54+,55+/m1/s1. The van der Waals surface area contributed by atoms with Crippen molar-refractivity contribution in [3.8, 4) is 11.5 Å². The van der Waals surface area contributed by atoms with Crippen molar-refractivity contribution in [2.24, 2.45) is 11.7 Å². The van der Waals surface area contributed by atoms with Crippen molar-refractivity contribution >= 4 is 52.4 Å². The summed E-state index contributed by atoms with van der Waals surface area (Å²) in [6.45, 7) is 1.68. The number of carbonyl (C=O) groups excluding carboxylic acids is 7. The average molecular weight is 1130 g/mol. The maximum absolute atomic E-state index is 15.4. The van der Waals surface area contributed by atoms with Crippen molar-refractivity contribution in [3.05, 3.63) is 162 Å². The van der Waals surface area contributed by atoms with Crippen LogP contribution in [0.25, 0.3) is 10.9 Å². The van der Waals surface area contributed by atoms with Crippen LogP contribution in [0, 0.1) is 5.92 Å². The predicted molar refractivity (Wildman–Crippen MR) is 309 cm³/mol. The molecule has 3 fully saturated rings. The van der Waals surface area contributed by atoms with E-state index >= 15 is 28.8 Å². The zero-order valence-electron chi connectivity index (χ0n) is 46.5. The monoisotopic (exact) mass is 1130 g/mol. The number of H-pyrrole nitrogens is 1. The van der Waals surface area contributed by atoms with Crippen LogP contribution in [0.15, 0.2) is 134 Å². The molecule has 0 unspecified atom stereocenters. The van der Waals surface area contributed by atoms with Gasteiger partial charge >= 0.3 is 6.09 Å². The topological polar surface area (TPSA) is 289 Å². The van der Waals surface area contributed by atoms with Gasteiger partial charge in [-0.1, -0.05) is 78.9 Å². The second kappa shape index (κ2) is 28.7. The van der Waals surface area contributed by atoms with Gasteiger partial charge < -0.3 is 67.0 Å². The van der Waals surface area contributed by atoms with E-state index in [2.05, 4.69) is 47.2 Å². The lowest BCUT2D eigenvalue weighted by Crippen LogP contribution is -2.62. The van der Waals surface area contributed by atoms with Gasteiger partial charge in [-0.15, -0.1) is 0 Å². The van der Waals surface area contributed by atoms with Crippen molar-refractivity contribution < 1.29 is 47.8 Å². The van der Waals surface area contributed by atoms with Crippen LogP contribution < -0.4 is 52.4 Å². The van der Waals surface area contributed by atoms with Crippen molar-refractivity contribution in [1.82, 2.24) is 52.1 Å². The van der Waals surface area contributed by atoms with Crippen LogP contribution in [0.4, 0.5) is 4.79 Å². The van der Waals surface area contributed by atoms with Crippen LogP contribution in [0.1, 0.15) is 59.9 Å². The van der Waals surface area contributed by atoms with Crippen LogP contribution >= 0.6 is 0 Å². The SMILES string of the molecule is COc1ccc2[nH]cc(C[C@H]3NC(=O)[C@H](CCc4ccccc4)NC(=O)[C@@H]4C[C@@H](OC(=O)NCCN)CN4C(=O)[C@H](Cc4cccnc4)NC(=O)[C@H](Cc4ccc(OCc5ccccc5)cc4)NC(=O)[C@H](CC4CCNCC4)NC3=O)c2c1. The van der Waals surface area contributed by atoms with E-state index in [1.165, 1.54) is 4.90 Å². The quantitative estimate of drug-likeness (QED) is 0.0598. The molecule has 2 aromatic heterocycles. The molecular formula is C62H73N11O10. The van der Waals surface area contributed by atoms with Gasteiger partial charge in [0.2, 0.25) is 35.4 Å². The maximum atomic E-state index is 15.4. The van der Waals surface area contributed by atoms with Crippen molar-refractivity contribution in [1.29, 1.82) is 0 Å². The molecule has 7 amide bonds. The molecule has 4 aromatic carbocycles. The van der Waals surface area contributed by atoms with Gasteiger partial charge in [-0.2, -0.15) is 0 Å². The first-order valence-electron chi connectivity index (χ1n) is 28.4. The first-order chi connectivity index (χ1) is 40.4. The minimum absolute atomic E-state index is 0.0120. The van der Waals surface area contributed by atoms with Crippen molar-refractivity contribution in [2.45, 2.75) is 107 Å². The van der Waals surface area contributed by atoms with Gasteiger partial charge in [0.1, 0.15) is 60.5 Å². The number of aryl methyl sites for hydroxylation is 1. The molecule has 83 heavy (non-hydrogen) atoms. The van der Waals surface area contributed by atoms with E-state index in [9.17, 15) is 4.79 Å². The second-order valence-corrected chi connectivity index (χ2v) is 21.4. The molecule has 9 rings (SSSR count). The number of alkyl carbamates (subject to hydrolysis) is 1. The Bertz CT molecular complexity index is 3160. The molecule has 21 nitrogen and oxygen atoms in total. The Kier molecular flexibility index (Phi) is 20.4. The number of hydrogen-bond acceptors (Lipinski definition) is 13. The highest BCUT2D eigenvalue weighted by atomic mass is 16.6. The third-order valence-electron chi connectivity index (χ3n) is 15.4. The van der Waals surface area contributed by atoms with E-state index in [4.69, 9.17) is 19.9 Å². The first kappa shape index (κ1) is 58.8. The summed E-state index contributed by atoms with van der Waals surface area (Å²) in [6, 6.07) is 27.2. The zero-order chi connectivity index (χ0) is 58.1. The molecule has 5 heterocycles. The van der Waals surface area contributed by atoms with E-state index in [-0.39, 0.29) is 64.1 Å². The minimum Gasteiger partial charge on any atom is -0.497 e. The Labute approximate surface area is 481 Å². The molecular weight excluding hydrogens is 1060 g/mol. The molecule has 10 N–H and O–H groups in total. The normalized spacial score (nSPS) is 22.2. The summed E-state index contributed by atoms with van der Waals surface area (Å²) in [6.07, 6.45) is 4.66. The number of nitrogens with one attached hydrogen (secondary N) is 8. The predicted octanol–water partition coefficient (Wildman–Crippen LogP) is 3.29. The number of ether oxygens (including phenoxy) is 3. The number of fused-ring (bicyclic) bond motifs is 2. The van der Waals surface area contributed by atoms with E-state index in [0.717, 1.165) is 22.0 Å². The second-order valence-electron chi connectivity index (χ2n) is 21.4. The van der Waals surface area contributed by atoms with Crippen LogP contribution in [-0.2, 0) is 65.8 Å². The maximum Gasteiger partial charge on any atom is 0.407 e. The van der Waals surface area contributed by atoms with Crippen molar-refractivity contribution in [2.75, 3.05) is 39.8 Å². The molecule has 3 saturated heterocycles. The first-order valence-corrected chi connectivity index (χ1v) is 28.4. The fourth-order valence-electron chi connectivity index (χ4n) is 11.0. The minimum atomic E-state index is -1.37. The smallest absolute Gasteiger partial charge is 0.407 e. The van der Waals surface area contributed by atoms with Gasteiger partial charge in [0.15, 0.2) is 0 Å². The van der Waals surface area contributed by atoms with Gasteiger partial charge in [-0.3, -0.25) is 33.8 Å². The molecule has 6 aromatic rings.